The van der Waals surface area contributed by atoms with Gasteiger partial charge in [-0.1, -0.05) is 35.9 Å². The number of hydrogen-bond donors (Lipinski definition) is 2. The lowest BCUT2D eigenvalue weighted by Gasteiger charge is -2.35. The van der Waals surface area contributed by atoms with Gasteiger partial charge >= 0.3 is 11.9 Å². The maximum atomic E-state index is 9.10. The normalized spacial score (nSPS) is 14.2. The van der Waals surface area contributed by atoms with Gasteiger partial charge in [-0.15, -0.1) is 0 Å². The number of hydrogen-bond acceptors (Lipinski definition) is 6. The third-order valence-corrected chi connectivity index (χ3v) is 5.30. The second kappa shape index (κ2) is 12.9. The number of methoxy groups -OCH3 is 1. The van der Waals surface area contributed by atoms with Crippen LogP contribution in [0.4, 0.5) is 0 Å². The zero-order valence-corrected chi connectivity index (χ0v) is 19.0. The van der Waals surface area contributed by atoms with Gasteiger partial charge in [-0.3, -0.25) is 9.80 Å². The number of ether oxygens (including phenoxy) is 2. The van der Waals surface area contributed by atoms with E-state index in [-0.39, 0.29) is 0 Å². The Labute approximate surface area is 192 Å². The van der Waals surface area contributed by atoms with Crippen molar-refractivity contribution in [3.05, 3.63) is 58.6 Å². The molecule has 1 heterocycles. The molecule has 2 aromatic rings. The predicted octanol–water partition coefficient (Wildman–Crippen LogP) is 3.22. The molecule has 0 bridgehead atoms. The Balaban J connectivity index is 0.000000534. The number of benzene rings is 2. The molecule has 1 saturated heterocycles. The molecule has 0 atom stereocenters. The summed E-state index contributed by atoms with van der Waals surface area (Å²) in [5.74, 6) is -2.03. The fourth-order valence-electron chi connectivity index (χ4n) is 3.32. The summed E-state index contributed by atoms with van der Waals surface area (Å²) in [6.45, 7) is 8.71. The lowest BCUT2D eigenvalue weighted by molar-refractivity contribution is -0.159. The molecule has 2 N–H and O–H groups in total. The molecule has 8 nitrogen and oxygen atoms in total. The first-order valence-corrected chi connectivity index (χ1v) is 10.7. The molecular formula is C23H29ClN2O6. The highest BCUT2D eigenvalue weighted by molar-refractivity contribution is 6.31. The molecule has 0 radical (unpaired) electrons. The van der Waals surface area contributed by atoms with Crippen LogP contribution < -0.4 is 9.47 Å². The fourth-order valence-corrected chi connectivity index (χ4v) is 3.51. The highest BCUT2D eigenvalue weighted by Crippen LogP contribution is 2.28. The van der Waals surface area contributed by atoms with Gasteiger partial charge < -0.3 is 19.7 Å². The number of carbonyl (C=O) groups is 2. The SMILES string of the molecule is CCOc1cc(CN2CCN(Cc3ccccc3Cl)CC2)ccc1OC.O=C(O)C(=O)O. The lowest BCUT2D eigenvalue weighted by Crippen LogP contribution is -2.45. The fraction of sp³-hybridized carbons (Fsp3) is 0.391. The summed E-state index contributed by atoms with van der Waals surface area (Å²) in [5.41, 5.74) is 2.47. The van der Waals surface area contributed by atoms with Crippen molar-refractivity contribution in [3.63, 3.8) is 0 Å². The number of carboxylic acid groups (broad SMARTS) is 2. The summed E-state index contributed by atoms with van der Waals surface area (Å²) in [6.07, 6.45) is 0. The van der Waals surface area contributed by atoms with Gasteiger partial charge in [0.25, 0.3) is 0 Å². The van der Waals surface area contributed by atoms with Gasteiger partial charge in [0.2, 0.25) is 0 Å². The van der Waals surface area contributed by atoms with E-state index in [0.717, 1.165) is 55.8 Å². The molecule has 0 unspecified atom stereocenters. The van der Waals surface area contributed by atoms with Crippen molar-refractivity contribution in [2.24, 2.45) is 0 Å². The number of rotatable bonds is 7. The van der Waals surface area contributed by atoms with E-state index in [2.05, 4.69) is 34.1 Å². The van der Waals surface area contributed by atoms with Crippen molar-refractivity contribution in [1.82, 2.24) is 9.80 Å². The van der Waals surface area contributed by atoms with E-state index in [1.807, 2.05) is 25.1 Å². The quantitative estimate of drug-likeness (QED) is 0.602. The highest BCUT2D eigenvalue weighted by Gasteiger charge is 2.18. The number of nitrogens with zero attached hydrogens (tertiary/aromatic N) is 2. The Morgan fingerprint density at radius 1 is 0.938 bits per heavy atom. The molecule has 32 heavy (non-hydrogen) atoms. The van der Waals surface area contributed by atoms with E-state index >= 15 is 0 Å². The first kappa shape index (κ1) is 25.5. The summed E-state index contributed by atoms with van der Waals surface area (Å²) in [5, 5.41) is 15.6. The zero-order chi connectivity index (χ0) is 23.5. The molecule has 0 aliphatic carbocycles. The number of piperazine rings is 1. The van der Waals surface area contributed by atoms with Gasteiger partial charge in [-0.2, -0.15) is 0 Å². The molecule has 174 valence electrons. The largest absolute Gasteiger partial charge is 0.493 e. The smallest absolute Gasteiger partial charge is 0.414 e. The van der Waals surface area contributed by atoms with Gasteiger partial charge in [-0.25, -0.2) is 9.59 Å². The molecule has 1 fully saturated rings. The van der Waals surface area contributed by atoms with Crippen LogP contribution in [0, 0.1) is 0 Å². The molecule has 0 spiro atoms. The van der Waals surface area contributed by atoms with E-state index < -0.39 is 11.9 Å². The van der Waals surface area contributed by atoms with Gasteiger partial charge in [0.15, 0.2) is 11.5 Å². The Morgan fingerprint density at radius 2 is 1.53 bits per heavy atom. The van der Waals surface area contributed by atoms with E-state index in [0.29, 0.717) is 6.61 Å². The maximum absolute atomic E-state index is 9.10. The van der Waals surface area contributed by atoms with Crippen LogP contribution in [0.1, 0.15) is 18.1 Å². The van der Waals surface area contributed by atoms with Crippen LogP contribution in [0.25, 0.3) is 0 Å². The predicted molar refractivity (Wildman–Crippen MR) is 121 cm³/mol. The van der Waals surface area contributed by atoms with Gasteiger partial charge in [0, 0.05) is 44.3 Å². The van der Waals surface area contributed by atoms with Crippen LogP contribution >= 0.6 is 11.6 Å². The Bertz CT molecular complexity index is 888. The number of aliphatic carboxylic acids is 2. The topological polar surface area (TPSA) is 99.5 Å². The Morgan fingerprint density at radius 3 is 2.06 bits per heavy atom. The minimum Gasteiger partial charge on any atom is -0.493 e. The van der Waals surface area contributed by atoms with Crippen LogP contribution in [0.15, 0.2) is 42.5 Å². The van der Waals surface area contributed by atoms with E-state index in [4.69, 9.17) is 40.9 Å². The third-order valence-electron chi connectivity index (χ3n) is 4.93. The van der Waals surface area contributed by atoms with Crippen molar-refractivity contribution in [2.75, 3.05) is 39.9 Å². The van der Waals surface area contributed by atoms with Crippen molar-refractivity contribution in [3.8, 4) is 11.5 Å². The Kier molecular flexibility index (Phi) is 10.3. The van der Waals surface area contributed by atoms with Gasteiger partial charge in [0.1, 0.15) is 0 Å². The summed E-state index contributed by atoms with van der Waals surface area (Å²) >= 11 is 6.29. The second-order valence-electron chi connectivity index (χ2n) is 7.17. The number of carboxylic acids is 2. The van der Waals surface area contributed by atoms with Crippen LogP contribution in [0.3, 0.4) is 0 Å². The molecule has 3 rings (SSSR count). The minimum absolute atomic E-state index is 0.639. The van der Waals surface area contributed by atoms with E-state index in [9.17, 15) is 0 Å². The van der Waals surface area contributed by atoms with Crippen molar-refractivity contribution in [2.45, 2.75) is 20.0 Å². The van der Waals surface area contributed by atoms with Gasteiger partial charge in [-0.05, 0) is 36.2 Å². The first-order chi connectivity index (χ1) is 15.3. The monoisotopic (exact) mass is 464 g/mol. The molecule has 9 heteroatoms. The average Bonchev–Trinajstić information content (AvgIpc) is 2.77. The summed E-state index contributed by atoms with van der Waals surface area (Å²) in [4.78, 5) is 23.2. The van der Waals surface area contributed by atoms with Crippen LogP contribution in [-0.2, 0) is 22.7 Å². The van der Waals surface area contributed by atoms with Crippen molar-refractivity contribution >= 4 is 23.5 Å². The molecule has 2 aromatic carbocycles. The second-order valence-corrected chi connectivity index (χ2v) is 7.58. The van der Waals surface area contributed by atoms with Crippen molar-refractivity contribution < 1.29 is 29.3 Å². The zero-order valence-electron chi connectivity index (χ0n) is 18.3. The molecule has 0 amide bonds. The highest BCUT2D eigenvalue weighted by atomic mass is 35.5. The molecule has 1 aliphatic heterocycles. The number of halogens is 1. The van der Waals surface area contributed by atoms with E-state index in [1.165, 1.54) is 11.1 Å². The first-order valence-electron chi connectivity index (χ1n) is 10.3. The van der Waals surface area contributed by atoms with Crippen molar-refractivity contribution in [1.29, 1.82) is 0 Å². The maximum Gasteiger partial charge on any atom is 0.414 e. The molecule has 0 aromatic heterocycles. The molecular weight excluding hydrogens is 436 g/mol. The third kappa shape index (κ3) is 8.03. The van der Waals surface area contributed by atoms with Gasteiger partial charge in [0.05, 0.1) is 13.7 Å². The van der Waals surface area contributed by atoms with Crippen LogP contribution in [-0.4, -0.2) is 71.8 Å². The van der Waals surface area contributed by atoms with E-state index in [1.54, 1.807) is 7.11 Å². The van der Waals surface area contributed by atoms with Crippen LogP contribution in [0.5, 0.6) is 11.5 Å². The summed E-state index contributed by atoms with van der Waals surface area (Å²) in [6, 6.07) is 14.3. The van der Waals surface area contributed by atoms with Crippen LogP contribution in [0.2, 0.25) is 5.02 Å². The Hall–Kier alpha value is -2.81. The molecule has 0 saturated carbocycles. The summed E-state index contributed by atoms with van der Waals surface area (Å²) < 4.78 is 11.1. The minimum atomic E-state index is -1.82. The lowest BCUT2D eigenvalue weighted by atomic mass is 10.1. The standard InChI is InChI=1S/C21H27ClN2O2.C2H2O4/c1-3-26-21-14-17(8-9-20(21)25-2)15-23-10-12-24(13-11-23)16-18-6-4-5-7-19(18)22;3-1(4)2(5)6/h4-9,14H,3,10-13,15-16H2,1-2H3;(H,3,4)(H,5,6). The average molecular weight is 465 g/mol. The molecule has 1 aliphatic rings. The summed E-state index contributed by atoms with van der Waals surface area (Å²) in [7, 11) is 1.68.